The highest BCUT2D eigenvalue weighted by Gasteiger charge is 2.28. The topological polar surface area (TPSA) is 82.1 Å². The Morgan fingerprint density at radius 3 is 2.41 bits per heavy atom. The fourth-order valence-electron chi connectivity index (χ4n) is 2.41. The summed E-state index contributed by atoms with van der Waals surface area (Å²) in [5.74, 6) is 0.0412. The molecule has 0 saturated heterocycles. The minimum absolute atomic E-state index is 0.145. The van der Waals surface area contributed by atoms with Crippen LogP contribution in [0.3, 0.4) is 0 Å². The molecule has 138 valence electrons. The molecule has 0 aliphatic carbocycles. The van der Waals surface area contributed by atoms with Gasteiger partial charge in [0.05, 0.1) is 18.2 Å². The van der Waals surface area contributed by atoms with Crippen LogP contribution in [0.2, 0.25) is 0 Å². The Hall–Kier alpha value is -3.61. The number of hydrogen-bond donors (Lipinski definition) is 0. The fraction of sp³-hybridized carbons (Fsp3) is 0.150. The highest BCUT2D eigenvalue weighted by Crippen LogP contribution is 2.35. The van der Waals surface area contributed by atoms with Crippen LogP contribution in [-0.4, -0.2) is 44.0 Å². The first-order valence-electron chi connectivity index (χ1n) is 8.05. The largest absolute Gasteiger partial charge is 0.465 e. The summed E-state index contributed by atoms with van der Waals surface area (Å²) in [6, 6.07) is 11.2. The minimum Gasteiger partial charge on any atom is -0.465 e. The molecule has 0 radical (unpaired) electrons. The summed E-state index contributed by atoms with van der Waals surface area (Å²) < 4.78 is 15.4. The first kappa shape index (κ1) is 18.2. The maximum absolute atomic E-state index is 12.5. The molecule has 0 bridgehead atoms. The van der Waals surface area contributed by atoms with Crippen LogP contribution in [0, 0.1) is 0 Å². The van der Waals surface area contributed by atoms with E-state index in [-0.39, 0.29) is 17.3 Å². The Kier molecular flexibility index (Phi) is 4.94. The predicted octanol–water partition coefficient (Wildman–Crippen LogP) is 3.15. The van der Waals surface area contributed by atoms with Crippen LogP contribution < -0.4 is 9.47 Å². The molecular weight excluding hydrogens is 350 g/mol. The zero-order valence-electron chi connectivity index (χ0n) is 15.0. The van der Waals surface area contributed by atoms with Crippen molar-refractivity contribution in [3.63, 3.8) is 0 Å². The average molecular weight is 367 g/mol. The van der Waals surface area contributed by atoms with E-state index in [1.54, 1.807) is 50.5 Å². The molecule has 27 heavy (non-hydrogen) atoms. The Morgan fingerprint density at radius 1 is 1.07 bits per heavy atom. The maximum Gasteiger partial charge on any atom is 0.414 e. The van der Waals surface area contributed by atoms with Gasteiger partial charge in [0.15, 0.2) is 5.76 Å². The van der Waals surface area contributed by atoms with E-state index in [0.717, 1.165) is 0 Å². The minimum atomic E-state index is -0.527. The molecule has 0 N–H and O–H groups in total. The van der Waals surface area contributed by atoms with Gasteiger partial charge in [-0.25, -0.2) is 9.59 Å². The van der Waals surface area contributed by atoms with Gasteiger partial charge in [0.1, 0.15) is 11.5 Å². The van der Waals surface area contributed by atoms with E-state index in [9.17, 15) is 14.4 Å². The fourth-order valence-corrected chi connectivity index (χ4v) is 2.41. The molecule has 7 nitrogen and oxygen atoms in total. The van der Waals surface area contributed by atoms with Gasteiger partial charge in [-0.15, -0.1) is 0 Å². The van der Waals surface area contributed by atoms with Gasteiger partial charge in [0.25, 0.3) is 0 Å². The van der Waals surface area contributed by atoms with Gasteiger partial charge in [0.2, 0.25) is 5.78 Å². The Bertz CT molecular complexity index is 943. The molecule has 0 atom stereocenters. The first-order valence-corrected chi connectivity index (χ1v) is 8.05. The number of ether oxygens (including phenoxy) is 3. The number of hydrogen-bond acceptors (Lipinski definition) is 6. The third kappa shape index (κ3) is 3.82. The van der Waals surface area contributed by atoms with Crippen LogP contribution in [0.5, 0.6) is 11.5 Å². The number of carbonyl (C=O) groups excluding carboxylic acids is 3. The van der Waals surface area contributed by atoms with Gasteiger partial charge in [0, 0.05) is 20.2 Å². The van der Waals surface area contributed by atoms with Crippen molar-refractivity contribution >= 4 is 23.9 Å². The van der Waals surface area contributed by atoms with Crippen LogP contribution in [0.4, 0.5) is 4.79 Å². The van der Waals surface area contributed by atoms with Crippen molar-refractivity contribution in [3.05, 3.63) is 64.9 Å². The highest BCUT2D eigenvalue weighted by molar-refractivity contribution is 6.14. The predicted molar refractivity (Wildman–Crippen MR) is 96.9 cm³/mol. The number of fused-ring (bicyclic) bond motifs is 1. The number of benzene rings is 2. The summed E-state index contributed by atoms with van der Waals surface area (Å²) in [7, 11) is 4.45. The molecule has 0 saturated carbocycles. The lowest BCUT2D eigenvalue weighted by Crippen LogP contribution is -2.25. The molecule has 0 spiro atoms. The SMILES string of the molecule is COC(=O)c1ccc(/C=C2\Oc3cc(OC(=O)N(C)C)ccc3C2=O)cc1. The second-order valence-corrected chi connectivity index (χ2v) is 5.97. The van der Waals surface area contributed by atoms with Gasteiger partial charge < -0.3 is 19.1 Å². The quantitative estimate of drug-likeness (QED) is 0.612. The summed E-state index contributed by atoms with van der Waals surface area (Å²) in [5, 5.41) is 0. The van der Waals surface area contributed by atoms with Crippen molar-refractivity contribution in [3.8, 4) is 11.5 Å². The zero-order valence-corrected chi connectivity index (χ0v) is 15.0. The second-order valence-electron chi connectivity index (χ2n) is 5.97. The molecule has 1 aliphatic rings. The van der Waals surface area contributed by atoms with Crippen molar-refractivity contribution in [1.29, 1.82) is 0 Å². The zero-order chi connectivity index (χ0) is 19.6. The Balaban J connectivity index is 1.80. The third-order valence-corrected chi connectivity index (χ3v) is 3.84. The van der Waals surface area contributed by atoms with E-state index in [0.29, 0.717) is 22.4 Å². The number of nitrogens with zero attached hydrogens (tertiary/aromatic N) is 1. The lowest BCUT2D eigenvalue weighted by molar-refractivity contribution is 0.0600. The number of esters is 1. The van der Waals surface area contributed by atoms with Gasteiger partial charge >= 0.3 is 12.1 Å². The number of methoxy groups -OCH3 is 1. The number of rotatable bonds is 3. The van der Waals surface area contributed by atoms with Gasteiger partial charge in [-0.2, -0.15) is 0 Å². The molecule has 0 fully saturated rings. The van der Waals surface area contributed by atoms with E-state index in [4.69, 9.17) is 9.47 Å². The molecule has 2 aromatic rings. The van der Waals surface area contributed by atoms with Crippen molar-refractivity contribution in [1.82, 2.24) is 4.90 Å². The van der Waals surface area contributed by atoms with Crippen molar-refractivity contribution in [2.45, 2.75) is 0 Å². The second kappa shape index (κ2) is 7.33. The normalized spacial score (nSPS) is 13.7. The van der Waals surface area contributed by atoms with Gasteiger partial charge in [-0.3, -0.25) is 4.79 Å². The van der Waals surface area contributed by atoms with E-state index in [1.165, 1.54) is 24.1 Å². The summed E-state index contributed by atoms with van der Waals surface area (Å²) in [6.07, 6.45) is 1.05. The number of carbonyl (C=O) groups is 3. The molecule has 1 aliphatic heterocycles. The van der Waals surface area contributed by atoms with Crippen LogP contribution >= 0.6 is 0 Å². The number of Topliss-reactive ketones (excluding diaryl/α,β-unsaturated/α-hetero) is 1. The van der Waals surface area contributed by atoms with E-state index >= 15 is 0 Å². The smallest absolute Gasteiger partial charge is 0.414 e. The highest BCUT2D eigenvalue weighted by atomic mass is 16.6. The number of ketones is 1. The van der Waals surface area contributed by atoms with Crippen molar-refractivity contribution < 1.29 is 28.6 Å². The van der Waals surface area contributed by atoms with Crippen molar-refractivity contribution in [2.75, 3.05) is 21.2 Å². The monoisotopic (exact) mass is 367 g/mol. The van der Waals surface area contributed by atoms with Crippen LogP contribution in [0.25, 0.3) is 6.08 Å². The summed E-state index contributed by atoms with van der Waals surface area (Å²) >= 11 is 0. The molecular formula is C20H17NO6. The molecule has 0 aromatic heterocycles. The lowest BCUT2D eigenvalue weighted by atomic mass is 10.1. The van der Waals surface area contributed by atoms with Crippen molar-refractivity contribution in [2.24, 2.45) is 0 Å². The third-order valence-electron chi connectivity index (χ3n) is 3.84. The Labute approximate surface area is 155 Å². The van der Waals surface area contributed by atoms with Gasteiger partial charge in [-0.1, -0.05) is 12.1 Å². The maximum atomic E-state index is 12.5. The van der Waals surface area contributed by atoms with Crippen LogP contribution in [0.1, 0.15) is 26.3 Å². The van der Waals surface area contributed by atoms with Crippen LogP contribution in [0.15, 0.2) is 48.2 Å². The number of allylic oxidation sites excluding steroid dienone is 1. The van der Waals surface area contributed by atoms with Gasteiger partial charge in [-0.05, 0) is 35.9 Å². The van der Waals surface area contributed by atoms with E-state index in [2.05, 4.69) is 4.74 Å². The Morgan fingerprint density at radius 2 is 1.78 bits per heavy atom. The lowest BCUT2D eigenvalue weighted by Gasteiger charge is -2.10. The standard InChI is InChI=1S/C20H17NO6/c1-21(2)20(24)26-14-8-9-15-16(11-14)27-17(18(15)22)10-12-4-6-13(7-5-12)19(23)25-3/h4-11H,1-3H3/b17-10-. The molecule has 1 heterocycles. The molecule has 3 rings (SSSR count). The summed E-state index contributed by atoms with van der Waals surface area (Å²) in [5.41, 5.74) is 1.49. The van der Waals surface area contributed by atoms with Crippen LogP contribution in [-0.2, 0) is 4.74 Å². The molecule has 2 aromatic carbocycles. The van der Waals surface area contributed by atoms with E-state index in [1.807, 2.05) is 0 Å². The summed E-state index contributed by atoms with van der Waals surface area (Å²) in [4.78, 5) is 36.9. The summed E-state index contributed by atoms with van der Waals surface area (Å²) in [6.45, 7) is 0. The molecule has 1 amide bonds. The molecule has 7 heteroatoms. The molecule has 0 unspecified atom stereocenters. The van der Waals surface area contributed by atoms with E-state index < -0.39 is 12.1 Å². The first-order chi connectivity index (χ1) is 12.9. The number of amides is 1. The average Bonchev–Trinajstić information content (AvgIpc) is 2.96.